The van der Waals surface area contributed by atoms with E-state index in [-0.39, 0.29) is 0 Å². The average Bonchev–Trinajstić information content (AvgIpc) is 2.51. The molecule has 0 aromatic heterocycles. The zero-order valence-electron chi connectivity index (χ0n) is 12.4. The molecule has 0 atom stereocenters. The first-order valence-corrected chi connectivity index (χ1v) is 7.42. The highest BCUT2D eigenvalue weighted by Gasteiger charge is 2.09. The molecular formula is C17H20ClNO2. The second-order valence-corrected chi connectivity index (χ2v) is 5.08. The van der Waals surface area contributed by atoms with Crippen LogP contribution >= 0.6 is 11.6 Å². The minimum Gasteiger partial charge on any atom is -0.497 e. The summed E-state index contributed by atoms with van der Waals surface area (Å²) in [6.45, 7) is 3.78. The number of benzene rings is 2. The van der Waals surface area contributed by atoms with Crippen molar-refractivity contribution in [2.75, 3.05) is 13.7 Å². The molecule has 112 valence electrons. The van der Waals surface area contributed by atoms with Crippen molar-refractivity contribution >= 4 is 11.6 Å². The van der Waals surface area contributed by atoms with Crippen molar-refractivity contribution < 1.29 is 9.47 Å². The third-order valence-corrected chi connectivity index (χ3v) is 3.45. The van der Waals surface area contributed by atoms with E-state index in [9.17, 15) is 0 Å². The largest absolute Gasteiger partial charge is 0.497 e. The molecule has 0 heterocycles. The summed E-state index contributed by atoms with van der Waals surface area (Å²) in [5.74, 6) is 2.34. The summed E-state index contributed by atoms with van der Waals surface area (Å²) >= 11 is 6.28. The Morgan fingerprint density at radius 1 is 1.05 bits per heavy atom. The highest BCUT2D eigenvalue weighted by atomic mass is 35.5. The summed E-state index contributed by atoms with van der Waals surface area (Å²) in [7, 11) is 1.64. The lowest BCUT2D eigenvalue weighted by Gasteiger charge is -2.13. The fraction of sp³-hybridized carbons (Fsp3) is 0.294. The maximum atomic E-state index is 6.28. The van der Waals surface area contributed by atoms with Crippen LogP contribution in [0, 0.1) is 0 Å². The summed E-state index contributed by atoms with van der Waals surface area (Å²) in [5.41, 5.74) is 0.975. The van der Waals surface area contributed by atoms with Crippen molar-refractivity contribution in [2.24, 2.45) is 0 Å². The van der Waals surface area contributed by atoms with Gasteiger partial charge in [-0.25, -0.2) is 0 Å². The predicted molar refractivity (Wildman–Crippen MR) is 86.5 cm³/mol. The molecular weight excluding hydrogens is 286 g/mol. The Hall–Kier alpha value is -1.71. The van der Waals surface area contributed by atoms with E-state index in [2.05, 4.69) is 12.2 Å². The Kier molecular flexibility index (Phi) is 5.90. The summed E-state index contributed by atoms with van der Waals surface area (Å²) in [4.78, 5) is 0. The smallest absolute Gasteiger partial charge is 0.133 e. The quantitative estimate of drug-likeness (QED) is 0.756. The molecule has 21 heavy (non-hydrogen) atoms. The fourth-order valence-electron chi connectivity index (χ4n) is 1.97. The van der Waals surface area contributed by atoms with E-state index in [1.807, 2.05) is 42.5 Å². The third-order valence-electron chi connectivity index (χ3n) is 3.09. The molecule has 0 radical (unpaired) electrons. The van der Waals surface area contributed by atoms with Crippen molar-refractivity contribution in [1.82, 2.24) is 5.32 Å². The predicted octanol–water partition coefficient (Wildman–Crippen LogP) is 4.64. The number of hydrogen-bond acceptors (Lipinski definition) is 3. The first-order chi connectivity index (χ1) is 10.2. The molecule has 0 saturated heterocycles. The molecule has 0 fully saturated rings. The number of hydrogen-bond donors (Lipinski definition) is 1. The number of rotatable bonds is 7. The molecule has 0 amide bonds. The lowest BCUT2D eigenvalue weighted by Crippen LogP contribution is -2.14. The molecule has 0 bridgehead atoms. The van der Waals surface area contributed by atoms with Gasteiger partial charge in [0.15, 0.2) is 0 Å². The van der Waals surface area contributed by atoms with Crippen LogP contribution in [0.5, 0.6) is 17.2 Å². The lowest BCUT2D eigenvalue weighted by atomic mass is 10.2. The fourth-order valence-corrected chi connectivity index (χ4v) is 2.20. The van der Waals surface area contributed by atoms with Crippen molar-refractivity contribution in [1.29, 1.82) is 0 Å². The Balaban J connectivity index is 2.15. The third kappa shape index (κ3) is 4.38. The van der Waals surface area contributed by atoms with Crippen LogP contribution in [0.3, 0.4) is 0 Å². The van der Waals surface area contributed by atoms with Crippen molar-refractivity contribution in [3.63, 3.8) is 0 Å². The molecule has 1 N–H and O–H groups in total. The van der Waals surface area contributed by atoms with Gasteiger partial charge in [0, 0.05) is 17.1 Å². The molecule has 3 nitrogen and oxygen atoms in total. The van der Waals surface area contributed by atoms with Crippen LogP contribution in [-0.2, 0) is 6.54 Å². The highest BCUT2D eigenvalue weighted by molar-refractivity contribution is 6.31. The lowest BCUT2D eigenvalue weighted by molar-refractivity contribution is 0.412. The molecule has 0 saturated carbocycles. The minimum absolute atomic E-state index is 0.693. The summed E-state index contributed by atoms with van der Waals surface area (Å²) < 4.78 is 11.1. The Morgan fingerprint density at radius 3 is 2.43 bits per heavy atom. The van der Waals surface area contributed by atoms with Gasteiger partial charge in [-0.15, -0.1) is 0 Å². The van der Waals surface area contributed by atoms with Crippen molar-refractivity contribution in [3.8, 4) is 17.2 Å². The molecule has 0 aliphatic carbocycles. The van der Waals surface area contributed by atoms with Gasteiger partial charge in [-0.05, 0) is 49.4 Å². The van der Waals surface area contributed by atoms with Crippen LogP contribution in [0.15, 0.2) is 42.5 Å². The monoisotopic (exact) mass is 305 g/mol. The molecule has 2 aromatic carbocycles. The molecule has 0 unspecified atom stereocenters. The van der Waals surface area contributed by atoms with E-state index in [0.717, 1.165) is 35.8 Å². The van der Waals surface area contributed by atoms with Gasteiger partial charge in [-0.2, -0.15) is 0 Å². The van der Waals surface area contributed by atoms with Gasteiger partial charge in [0.1, 0.15) is 17.2 Å². The van der Waals surface area contributed by atoms with Crippen LogP contribution in [0.2, 0.25) is 5.02 Å². The second kappa shape index (κ2) is 7.91. The van der Waals surface area contributed by atoms with Crippen molar-refractivity contribution in [3.05, 3.63) is 53.1 Å². The Labute approximate surface area is 130 Å². The zero-order valence-corrected chi connectivity index (χ0v) is 13.1. The van der Waals surface area contributed by atoms with Crippen LogP contribution in [0.25, 0.3) is 0 Å². The van der Waals surface area contributed by atoms with Gasteiger partial charge in [0.25, 0.3) is 0 Å². The highest BCUT2D eigenvalue weighted by Crippen LogP contribution is 2.31. The first kappa shape index (κ1) is 15.7. The molecule has 0 aliphatic heterocycles. The van der Waals surface area contributed by atoms with E-state index in [1.54, 1.807) is 7.11 Å². The van der Waals surface area contributed by atoms with Crippen LogP contribution < -0.4 is 14.8 Å². The summed E-state index contributed by atoms with van der Waals surface area (Å²) in [6.07, 6.45) is 1.08. The topological polar surface area (TPSA) is 30.5 Å². The minimum atomic E-state index is 0.693. The Morgan fingerprint density at radius 2 is 1.76 bits per heavy atom. The zero-order chi connectivity index (χ0) is 15.1. The number of methoxy groups -OCH3 is 1. The van der Waals surface area contributed by atoms with E-state index in [0.29, 0.717) is 11.6 Å². The number of halogens is 1. The van der Waals surface area contributed by atoms with Crippen LogP contribution in [0.4, 0.5) is 0 Å². The Bertz CT molecular complexity index is 570. The standard InChI is InChI=1S/C17H20ClNO2/c1-3-11-19-12-15-16(18)5-4-6-17(15)21-14-9-7-13(20-2)8-10-14/h4-10,19H,3,11-12H2,1-2H3. The van der Waals surface area contributed by atoms with E-state index in [1.165, 1.54) is 0 Å². The second-order valence-electron chi connectivity index (χ2n) is 4.67. The summed E-state index contributed by atoms with van der Waals surface area (Å²) in [5, 5.41) is 4.06. The summed E-state index contributed by atoms with van der Waals surface area (Å²) in [6, 6.07) is 13.2. The van der Waals surface area contributed by atoms with Gasteiger partial charge in [-0.1, -0.05) is 24.6 Å². The van der Waals surface area contributed by atoms with Gasteiger partial charge < -0.3 is 14.8 Å². The van der Waals surface area contributed by atoms with Gasteiger partial charge in [0.05, 0.1) is 7.11 Å². The molecule has 2 rings (SSSR count). The first-order valence-electron chi connectivity index (χ1n) is 7.04. The van der Waals surface area contributed by atoms with E-state index in [4.69, 9.17) is 21.1 Å². The maximum Gasteiger partial charge on any atom is 0.133 e. The maximum absolute atomic E-state index is 6.28. The van der Waals surface area contributed by atoms with Crippen LogP contribution in [0.1, 0.15) is 18.9 Å². The average molecular weight is 306 g/mol. The van der Waals surface area contributed by atoms with E-state index >= 15 is 0 Å². The van der Waals surface area contributed by atoms with Crippen molar-refractivity contribution in [2.45, 2.75) is 19.9 Å². The van der Waals surface area contributed by atoms with E-state index < -0.39 is 0 Å². The molecule has 4 heteroatoms. The number of nitrogens with one attached hydrogen (secondary N) is 1. The normalized spacial score (nSPS) is 10.4. The van der Waals surface area contributed by atoms with Gasteiger partial charge in [0.2, 0.25) is 0 Å². The molecule has 0 aliphatic rings. The van der Waals surface area contributed by atoms with Crippen LogP contribution in [-0.4, -0.2) is 13.7 Å². The van der Waals surface area contributed by atoms with Gasteiger partial charge >= 0.3 is 0 Å². The molecule has 2 aromatic rings. The number of ether oxygens (including phenoxy) is 2. The SMILES string of the molecule is CCCNCc1c(Cl)cccc1Oc1ccc(OC)cc1. The molecule has 0 spiro atoms. The van der Waals surface area contributed by atoms with Gasteiger partial charge in [-0.3, -0.25) is 0 Å².